The Morgan fingerprint density at radius 3 is 2.83 bits per heavy atom. The highest BCUT2D eigenvalue weighted by Gasteiger charge is 2.22. The van der Waals surface area contributed by atoms with Gasteiger partial charge in [0.1, 0.15) is 5.82 Å². The summed E-state index contributed by atoms with van der Waals surface area (Å²) in [7, 11) is 2.12. The zero-order valence-electron chi connectivity index (χ0n) is 11.0. The molecule has 0 aromatic heterocycles. The summed E-state index contributed by atoms with van der Waals surface area (Å²) in [4.78, 5) is 4.46. The lowest BCUT2D eigenvalue weighted by Crippen LogP contribution is -2.38. The van der Waals surface area contributed by atoms with Crippen LogP contribution in [0.2, 0.25) is 0 Å². The predicted octanol–water partition coefficient (Wildman–Crippen LogP) is 3.09. The van der Waals surface area contributed by atoms with Crippen molar-refractivity contribution in [3.63, 3.8) is 0 Å². The number of hydrogen-bond acceptors (Lipinski definition) is 2. The molecule has 0 saturated carbocycles. The van der Waals surface area contributed by atoms with E-state index in [0.717, 1.165) is 31.6 Å². The maximum absolute atomic E-state index is 14.1. The standard InChI is InChI=1S/C14H20ClFN2/c1-11-10-17(2)6-3-7-18(11)14-5-4-12(9-15)8-13(14)16/h4-5,8,11H,3,6-7,9-10H2,1-2H3. The van der Waals surface area contributed by atoms with Crippen LogP contribution in [0.5, 0.6) is 0 Å². The van der Waals surface area contributed by atoms with Gasteiger partial charge in [0.25, 0.3) is 0 Å². The molecule has 0 spiro atoms. The summed E-state index contributed by atoms with van der Waals surface area (Å²) in [6, 6.07) is 5.64. The minimum atomic E-state index is -0.162. The van der Waals surface area contributed by atoms with E-state index in [1.165, 1.54) is 0 Å². The first kappa shape index (κ1) is 13.6. The van der Waals surface area contributed by atoms with Crippen molar-refractivity contribution >= 4 is 17.3 Å². The molecule has 1 fully saturated rings. The van der Waals surface area contributed by atoms with Crippen LogP contribution in [-0.4, -0.2) is 37.6 Å². The van der Waals surface area contributed by atoms with Crippen LogP contribution in [0.4, 0.5) is 10.1 Å². The average molecular weight is 271 g/mol. The molecular weight excluding hydrogens is 251 g/mol. The van der Waals surface area contributed by atoms with Gasteiger partial charge in [0, 0.05) is 25.0 Å². The number of nitrogens with zero attached hydrogens (tertiary/aromatic N) is 2. The fourth-order valence-electron chi connectivity index (χ4n) is 2.60. The molecule has 1 aliphatic heterocycles. The summed E-state index contributed by atoms with van der Waals surface area (Å²) in [5.74, 6) is 0.194. The van der Waals surface area contributed by atoms with Gasteiger partial charge >= 0.3 is 0 Å². The summed E-state index contributed by atoms with van der Waals surface area (Å²) < 4.78 is 14.1. The van der Waals surface area contributed by atoms with E-state index < -0.39 is 0 Å². The molecule has 1 heterocycles. The van der Waals surface area contributed by atoms with E-state index in [1.807, 2.05) is 12.1 Å². The summed E-state index contributed by atoms with van der Waals surface area (Å²) in [6.07, 6.45) is 1.07. The Kier molecular flexibility index (Phi) is 4.46. The maximum Gasteiger partial charge on any atom is 0.146 e. The van der Waals surface area contributed by atoms with Crippen molar-refractivity contribution in [2.24, 2.45) is 0 Å². The quantitative estimate of drug-likeness (QED) is 0.762. The second-order valence-electron chi connectivity index (χ2n) is 5.08. The molecule has 4 heteroatoms. The Morgan fingerprint density at radius 2 is 2.17 bits per heavy atom. The third-order valence-electron chi connectivity index (χ3n) is 3.52. The summed E-state index contributed by atoms with van der Waals surface area (Å²) >= 11 is 5.72. The first-order valence-electron chi connectivity index (χ1n) is 6.41. The van der Waals surface area contributed by atoms with E-state index in [2.05, 4.69) is 23.8 Å². The van der Waals surface area contributed by atoms with Crippen LogP contribution < -0.4 is 4.90 Å². The van der Waals surface area contributed by atoms with Crippen LogP contribution in [0.25, 0.3) is 0 Å². The van der Waals surface area contributed by atoms with Crippen LogP contribution in [-0.2, 0) is 5.88 Å². The molecule has 1 aromatic carbocycles. The largest absolute Gasteiger partial charge is 0.365 e. The van der Waals surface area contributed by atoms with E-state index >= 15 is 0 Å². The van der Waals surface area contributed by atoms with Gasteiger partial charge in [-0.05, 0) is 44.6 Å². The van der Waals surface area contributed by atoms with Gasteiger partial charge in [0.05, 0.1) is 5.69 Å². The first-order chi connectivity index (χ1) is 8.61. The van der Waals surface area contributed by atoms with Crippen LogP contribution in [0, 0.1) is 5.82 Å². The van der Waals surface area contributed by atoms with Crippen molar-refractivity contribution in [3.8, 4) is 0 Å². The number of anilines is 1. The molecule has 0 amide bonds. The second-order valence-corrected chi connectivity index (χ2v) is 5.34. The average Bonchev–Trinajstić information content (AvgIpc) is 2.50. The zero-order valence-corrected chi connectivity index (χ0v) is 11.8. The third kappa shape index (κ3) is 2.96. The topological polar surface area (TPSA) is 6.48 Å². The van der Waals surface area contributed by atoms with Gasteiger partial charge in [-0.3, -0.25) is 0 Å². The van der Waals surface area contributed by atoms with Crippen LogP contribution in [0.3, 0.4) is 0 Å². The van der Waals surface area contributed by atoms with Crippen molar-refractivity contribution in [2.45, 2.75) is 25.3 Å². The smallest absolute Gasteiger partial charge is 0.146 e. The number of halogens is 2. The minimum Gasteiger partial charge on any atom is -0.365 e. The monoisotopic (exact) mass is 270 g/mol. The summed E-state index contributed by atoms with van der Waals surface area (Å²) in [5.41, 5.74) is 1.53. The van der Waals surface area contributed by atoms with Crippen LogP contribution in [0.15, 0.2) is 18.2 Å². The molecular formula is C14H20ClFN2. The number of alkyl halides is 1. The van der Waals surface area contributed by atoms with E-state index in [-0.39, 0.29) is 5.82 Å². The minimum absolute atomic E-state index is 0.162. The molecule has 2 rings (SSSR count). The van der Waals surface area contributed by atoms with Crippen molar-refractivity contribution < 1.29 is 4.39 Å². The lowest BCUT2D eigenvalue weighted by Gasteiger charge is -2.30. The number of rotatable bonds is 2. The highest BCUT2D eigenvalue weighted by molar-refractivity contribution is 6.17. The number of hydrogen-bond donors (Lipinski definition) is 0. The van der Waals surface area contributed by atoms with Crippen molar-refractivity contribution in [1.29, 1.82) is 0 Å². The van der Waals surface area contributed by atoms with Crippen molar-refractivity contribution in [1.82, 2.24) is 4.90 Å². The maximum atomic E-state index is 14.1. The molecule has 1 unspecified atom stereocenters. The van der Waals surface area contributed by atoms with E-state index in [9.17, 15) is 4.39 Å². The van der Waals surface area contributed by atoms with Crippen molar-refractivity contribution in [2.75, 3.05) is 31.6 Å². The SMILES string of the molecule is CC1CN(C)CCCN1c1ccc(CCl)cc1F. The molecule has 1 aliphatic rings. The molecule has 1 aromatic rings. The molecule has 100 valence electrons. The van der Waals surface area contributed by atoms with Gasteiger partial charge in [0.15, 0.2) is 0 Å². The van der Waals surface area contributed by atoms with E-state index in [4.69, 9.17) is 11.6 Å². The molecule has 0 bridgehead atoms. The molecule has 2 nitrogen and oxygen atoms in total. The fourth-order valence-corrected chi connectivity index (χ4v) is 2.76. The predicted molar refractivity (Wildman–Crippen MR) is 74.9 cm³/mol. The number of benzene rings is 1. The Bertz CT molecular complexity index is 411. The fraction of sp³-hybridized carbons (Fsp3) is 0.571. The Labute approximate surface area is 113 Å². The molecule has 0 radical (unpaired) electrons. The Balaban J connectivity index is 2.24. The lowest BCUT2D eigenvalue weighted by molar-refractivity contribution is 0.337. The summed E-state index contributed by atoms with van der Waals surface area (Å²) in [6.45, 7) is 5.10. The highest BCUT2D eigenvalue weighted by atomic mass is 35.5. The van der Waals surface area contributed by atoms with Crippen molar-refractivity contribution in [3.05, 3.63) is 29.6 Å². The zero-order chi connectivity index (χ0) is 13.1. The number of likely N-dealkylation sites (N-methyl/N-ethyl adjacent to an activating group) is 1. The van der Waals surface area contributed by atoms with Gasteiger partial charge in [-0.2, -0.15) is 0 Å². The third-order valence-corrected chi connectivity index (χ3v) is 3.83. The van der Waals surface area contributed by atoms with Gasteiger partial charge in [-0.15, -0.1) is 11.6 Å². The molecule has 18 heavy (non-hydrogen) atoms. The van der Waals surface area contributed by atoms with E-state index in [1.54, 1.807) is 6.07 Å². The van der Waals surface area contributed by atoms with Crippen LogP contribution >= 0.6 is 11.6 Å². The normalized spacial score (nSPS) is 22.0. The lowest BCUT2D eigenvalue weighted by atomic mass is 10.1. The van der Waals surface area contributed by atoms with Gasteiger partial charge in [-0.1, -0.05) is 6.07 Å². The second kappa shape index (κ2) is 5.89. The van der Waals surface area contributed by atoms with Gasteiger partial charge < -0.3 is 9.80 Å². The molecule has 0 aliphatic carbocycles. The molecule has 0 N–H and O–H groups in total. The first-order valence-corrected chi connectivity index (χ1v) is 6.95. The Morgan fingerprint density at radius 1 is 1.39 bits per heavy atom. The van der Waals surface area contributed by atoms with E-state index in [0.29, 0.717) is 17.6 Å². The van der Waals surface area contributed by atoms with Crippen LogP contribution in [0.1, 0.15) is 18.9 Å². The molecule has 1 atom stereocenters. The van der Waals surface area contributed by atoms with Gasteiger partial charge in [-0.25, -0.2) is 4.39 Å². The highest BCUT2D eigenvalue weighted by Crippen LogP contribution is 2.25. The summed E-state index contributed by atoms with van der Waals surface area (Å²) in [5, 5.41) is 0. The Hall–Kier alpha value is -0.800. The molecule has 1 saturated heterocycles. The van der Waals surface area contributed by atoms with Gasteiger partial charge in [0.2, 0.25) is 0 Å².